The molecule has 1 aromatic rings. The molecule has 0 aromatic heterocycles. The monoisotopic (exact) mass is 336 g/mol. The second kappa shape index (κ2) is 9.50. The van der Waals surface area contributed by atoms with Crippen molar-refractivity contribution < 1.29 is 70.8 Å². The Bertz CT molecular complexity index is 445. The number of unbranched alkanes of at least 4 members (excludes halogenated alkanes) is 3. The summed E-state index contributed by atoms with van der Waals surface area (Å²) in [5.41, 5.74) is -0.972. The van der Waals surface area contributed by atoms with Crippen molar-refractivity contribution in [3.8, 4) is 5.75 Å². The van der Waals surface area contributed by atoms with Gasteiger partial charge in [0.15, 0.2) is 0 Å². The van der Waals surface area contributed by atoms with Gasteiger partial charge in [-0.1, -0.05) is 30.9 Å². The van der Waals surface area contributed by atoms with Gasteiger partial charge in [-0.25, -0.2) is 0 Å². The van der Waals surface area contributed by atoms with Gasteiger partial charge in [-0.05, 0) is 37.1 Å². The van der Waals surface area contributed by atoms with Crippen LogP contribution in [0.25, 0.3) is 0 Å². The van der Waals surface area contributed by atoms with Crippen molar-refractivity contribution in [1.82, 2.24) is 0 Å². The van der Waals surface area contributed by atoms with Crippen LogP contribution in [-0.2, 0) is 9.53 Å². The van der Waals surface area contributed by atoms with Gasteiger partial charge in [-0.2, -0.15) is 0 Å². The van der Waals surface area contributed by atoms with E-state index in [2.05, 4.69) is 0 Å². The van der Waals surface area contributed by atoms with Crippen molar-refractivity contribution in [3.05, 3.63) is 29.3 Å². The van der Waals surface area contributed by atoms with Crippen LogP contribution in [0, 0.1) is 0 Å². The number of benzene rings is 1. The molecule has 1 aromatic carbocycles. The van der Waals surface area contributed by atoms with Crippen molar-refractivity contribution >= 4 is 17.6 Å². The molecule has 110 valence electrons. The van der Waals surface area contributed by atoms with Gasteiger partial charge in [0.1, 0.15) is 11.4 Å². The van der Waals surface area contributed by atoms with E-state index in [1.54, 1.807) is 12.1 Å². The number of aliphatic carboxylic acids is 1. The summed E-state index contributed by atoms with van der Waals surface area (Å²) < 4.78 is 10.5. The average Bonchev–Trinajstić information content (AvgIpc) is 3.21. The summed E-state index contributed by atoms with van der Waals surface area (Å²) in [4.78, 5) is 10.8. The summed E-state index contributed by atoms with van der Waals surface area (Å²) in [6.07, 6.45) is 4.32. The number of hydrogen-bond acceptors (Lipinski definition) is 4. The van der Waals surface area contributed by atoms with E-state index in [4.69, 9.17) is 21.1 Å². The van der Waals surface area contributed by atoms with Crippen molar-refractivity contribution in [1.29, 1.82) is 0 Å². The van der Waals surface area contributed by atoms with Crippen LogP contribution in [0.2, 0.25) is 5.02 Å². The zero-order valence-corrected chi connectivity index (χ0v) is 16.1. The fourth-order valence-corrected chi connectivity index (χ4v) is 2.16. The summed E-state index contributed by atoms with van der Waals surface area (Å²) in [6.45, 7) is 0.957. The predicted octanol–water partition coefficient (Wildman–Crippen LogP) is -0.808. The fraction of sp³-hybridized carbons (Fsp3) is 0.533. The normalized spacial score (nSPS) is 19.7. The minimum absolute atomic E-state index is 0. The molecule has 1 fully saturated rings. The zero-order chi connectivity index (χ0) is 14.4. The van der Waals surface area contributed by atoms with Gasteiger partial charge in [0.25, 0.3) is 0 Å². The van der Waals surface area contributed by atoms with Crippen LogP contribution in [-0.4, -0.2) is 24.8 Å². The molecule has 1 aliphatic heterocycles. The zero-order valence-electron chi connectivity index (χ0n) is 12.3. The number of hydrogen-bond donors (Lipinski definition) is 0. The number of rotatable bonds is 9. The summed E-state index contributed by atoms with van der Waals surface area (Å²) >= 11 is 5.78. The molecule has 4 nitrogen and oxygen atoms in total. The molecule has 0 unspecified atom stereocenters. The number of carboxylic acids is 1. The molecule has 0 N–H and O–H groups in total. The molecular weight excluding hydrogens is 319 g/mol. The number of carbonyl (C=O) groups is 1. The SMILES string of the molecule is O=C([O-])[C@]1(CCCCCCOc2ccc(Cl)cc2)CO1.[K+]. The van der Waals surface area contributed by atoms with Crippen LogP contribution < -0.4 is 61.2 Å². The maximum absolute atomic E-state index is 10.8. The Morgan fingerprint density at radius 3 is 2.43 bits per heavy atom. The Hall–Kier alpha value is 0.376. The third-order valence-corrected chi connectivity index (χ3v) is 3.67. The van der Waals surface area contributed by atoms with Gasteiger partial charge < -0.3 is 19.4 Å². The van der Waals surface area contributed by atoms with E-state index < -0.39 is 11.6 Å². The molecule has 0 saturated carbocycles. The Labute approximate surface area is 172 Å². The fourth-order valence-electron chi connectivity index (χ4n) is 2.04. The molecule has 1 aliphatic rings. The van der Waals surface area contributed by atoms with Crippen molar-refractivity contribution in [2.75, 3.05) is 13.2 Å². The summed E-state index contributed by atoms with van der Waals surface area (Å²) in [7, 11) is 0. The second-order valence-corrected chi connectivity index (χ2v) is 5.47. The second-order valence-electron chi connectivity index (χ2n) is 5.04. The summed E-state index contributed by atoms with van der Waals surface area (Å²) in [6, 6.07) is 7.28. The van der Waals surface area contributed by atoms with E-state index in [-0.39, 0.29) is 51.4 Å². The molecule has 0 bridgehead atoms. The van der Waals surface area contributed by atoms with Crippen LogP contribution in [0.15, 0.2) is 24.3 Å². The molecule has 0 aliphatic carbocycles. The maximum Gasteiger partial charge on any atom is 1.00 e. The van der Waals surface area contributed by atoms with Gasteiger partial charge >= 0.3 is 51.4 Å². The van der Waals surface area contributed by atoms with Gasteiger partial charge in [-0.3, -0.25) is 0 Å². The van der Waals surface area contributed by atoms with Crippen LogP contribution >= 0.6 is 11.6 Å². The molecule has 0 radical (unpaired) electrons. The minimum atomic E-state index is -1.08. The van der Waals surface area contributed by atoms with E-state index in [0.29, 0.717) is 24.7 Å². The number of halogens is 1. The van der Waals surface area contributed by atoms with Crippen molar-refractivity contribution in [3.63, 3.8) is 0 Å². The standard InChI is InChI=1S/C15H19ClO4.K/c16-12-5-7-13(8-6-12)19-10-4-2-1-3-9-15(11-20-15)14(17)18;/h5-8H,1-4,9-11H2,(H,17,18);/q;+1/p-1/t15-;/m0./s1. The van der Waals surface area contributed by atoms with E-state index in [1.807, 2.05) is 12.1 Å². The summed E-state index contributed by atoms with van der Waals surface area (Å²) in [5.74, 6) is -0.264. The van der Waals surface area contributed by atoms with Gasteiger partial charge in [0, 0.05) is 5.02 Å². The number of epoxide rings is 1. The van der Waals surface area contributed by atoms with Crippen LogP contribution in [0.5, 0.6) is 5.75 Å². The largest absolute Gasteiger partial charge is 1.00 e. The number of ether oxygens (including phenoxy) is 2. The van der Waals surface area contributed by atoms with Crippen LogP contribution in [0.4, 0.5) is 0 Å². The average molecular weight is 337 g/mol. The van der Waals surface area contributed by atoms with Crippen LogP contribution in [0.1, 0.15) is 32.1 Å². The molecule has 21 heavy (non-hydrogen) atoms. The molecule has 1 atom stereocenters. The van der Waals surface area contributed by atoms with Crippen LogP contribution in [0.3, 0.4) is 0 Å². The van der Waals surface area contributed by atoms with E-state index in [1.165, 1.54) is 0 Å². The Kier molecular flexibility index (Phi) is 8.79. The first-order chi connectivity index (χ1) is 9.62. The first kappa shape index (κ1) is 19.4. The first-order valence-electron chi connectivity index (χ1n) is 6.86. The Morgan fingerprint density at radius 1 is 1.24 bits per heavy atom. The number of carboxylic acid groups (broad SMARTS) is 1. The minimum Gasteiger partial charge on any atom is -0.547 e. The van der Waals surface area contributed by atoms with E-state index in [9.17, 15) is 9.90 Å². The first-order valence-corrected chi connectivity index (χ1v) is 7.24. The van der Waals surface area contributed by atoms with Crippen molar-refractivity contribution in [2.45, 2.75) is 37.7 Å². The van der Waals surface area contributed by atoms with Gasteiger partial charge in [0.05, 0.1) is 19.2 Å². The van der Waals surface area contributed by atoms with E-state index in [0.717, 1.165) is 31.4 Å². The Morgan fingerprint density at radius 2 is 1.86 bits per heavy atom. The maximum atomic E-state index is 10.8. The molecule has 6 heteroatoms. The molecule has 0 amide bonds. The van der Waals surface area contributed by atoms with Crippen molar-refractivity contribution in [2.24, 2.45) is 0 Å². The quantitative estimate of drug-likeness (QED) is 0.336. The topological polar surface area (TPSA) is 61.9 Å². The number of carbonyl (C=O) groups excluding carboxylic acids is 1. The predicted molar refractivity (Wildman–Crippen MR) is 73.7 cm³/mol. The molecular formula is C15H18ClKO4. The summed E-state index contributed by atoms with van der Waals surface area (Å²) in [5, 5.41) is 11.5. The van der Waals surface area contributed by atoms with Gasteiger partial charge in [0.2, 0.25) is 0 Å². The Balaban J connectivity index is 0.00000220. The van der Waals surface area contributed by atoms with Gasteiger partial charge in [-0.15, -0.1) is 0 Å². The molecule has 2 rings (SSSR count). The third kappa shape index (κ3) is 6.56. The molecule has 1 heterocycles. The molecule has 0 spiro atoms. The van der Waals surface area contributed by atoms with E-state index >= 15 is 0 Å². The smallest absolute Gasteiger partial charge is 0.547 e. The molecule has 1 saturated heterocycles. The third-order valence-electron chi connectivity index (χ3n) is 3.42.